The number of carbonyl (C=O) groups excluding carboxylic acids is 2. The van der Waals surface area contributed by atoms with E-state index < -0.39 is 29.6 Å². The van der Waals surface area contributed by atoms with Gasteiger partial charge in [-0.25, -0.2) is 9.18 Å². The van der Waals surface area contributed by atoms with Crippen LogP contribution in [-0.4, -0.2) is 43.9 Å². The van der Waals surface area contributed by atoms with E-state index in [1.165, 1.54) is 17.0 Å². The molecule has 1 saturated carbocycles. The standard InChI is InChI=1S/C28H39FN4O3/c1-26(2,3)32-15-12-21(31-32)20-17-22(24(34)30-28(7)13-9-14-28)33(25(35)36-27(4,5)6)23(20)18-10-8-11-19(29)16-18/h8,10-12,15-16,20,22-23H,9,13-14,17H2,1-7H3,(H,30,34)/t20-,22+,23+/m1/s1. The van der Waals surface area contributed by atoms with Gasteiger partial charge in [-0.15, -0.1) is 0 Å². The van der Waals surface area contributed by atoms with Crippen LogP contribution in [0.15, 0.2) is 36.5 Å². The lowest BCUT2D eigenvalue weighted by Crippen LogP contribution is -2.57. The lowest BCUT2D eigenvalue weighted by molar-refractivity contribution is -0.128. The molecule has 0 unspecified atom stereocenters. The second-order valence-electron chi connectivity index (χ2n) is 12.5. The van der Waals surface area contributed by atoms with Crippen LogP contribution in [0.25, 0.3) is 0 Å². The van der Waals surface area contributed by atoms with E-state index in [-0.39, 0.29) is 22.9 Å². The Kier molecular flexibility index (Phi) is 6.69. The Balaban J connectivity index is 1.79. The predicted octanol–water partition coefficient (Wildman–Crippen LogP) is 5.67. The molecule has 2 aromatic rings. The summed E-state index contributed by atoms with van der Waals surface area (Å²) in [6.07, 6.45) is 4.57. The fourth-order valence-electron chi connectivity index (χ4n) is 5.15. The maximum absolute atomic E-state index is 14.4. The lowest BCUT2D eigenvalue weighted by Gasteiger charge is -2.41. The van der Waals surface area contributed by atoms with E-state index >= 15 is 0 Å². The van der Waals surface area contributed by atoms with Crippen LogP contribution < -0.4 is 5.32 Å². The number of benzene rings is 1. The summed E-state index contributed by atoms with van der Waals surface area (Å²) in [5, 5.41) is 8.02. The van der Waals surface area contributed by atoms with Crippen molar-refractivity contribution in [2.24, 2.45) is 0 Å². The molecule has 4 rings (SSSR count). The van der Waals surface area contributed by atoms with Gasteiger partial charge in [0.2, 0.25) is 5.91 Å². The van der Waals surface area contributed by atoms with Crippen LogP contribution in [-0.2, 0) is 15.1 Å². The molecule has 8 heteroatoms. The predicted molar refractivity (Wildman–Crippen MR) is 136 cm³/mol. The average molecular weight is 499 g/mol. The Bertz CT molecular complexity index is 1130. The van der Waals surface area contributed by atoms with E-state index in [0.29, 0.717) is 12.0 Å². The molecule has 196 valence electrons. The number of hydrogen-bond acceptors (Lipinski definition) is 4. The van der Waals surface area contributed by atoms with Crippen molar-refractivity contribution in [3.63, 3.8) is 0 Å². The number of amides is 2. The number of rotatable bonds is 4. The first-order valence-electron chi connectivity index (χ1n) is 12.8. The zero-order valence-electron chi connectivity index (χ0n) is 22.5. The largest absolute Gasteiger partial charge is 0.444 e. The van der Waals surface area contributed by atoms with Crippen LogP contribution in [0.3, 0.4) is 0 Å². The molecule has 1 aliphatic carbocycles. The van der Waals surface area contributed by atoms with Gasteiger partial charge in [0.05, 0.1) is 17.3 Å². The van der Waals surface area contributed by atoms with E-state index in [2.05, 4.69) is 26.1 Å². The first-order valence-corrected chi connectivity index (χ1v) is 12.8. The van der Waals surface area contributed by atoms with E-state index in [0.717, 1.165) is 25.0 Å². The highest BCUT2D eigenvalue weighted by atomic mass is 19.1. The number of carbonyl (C=O) groups is 2. The molecule has 2 heterocycles. The minimum Gasteiger partial charge on any atom is -0.444 e. The molecule has 1 saturated heterocycles. The van der Waals surface area contributed by atoms with Gasteiger partial charge in [0.1, 0.15) is 17.5 Å². The van der Waals surface area contributed by atoms with Gasteiger partial charge in [-0.3, -0.25) is 14.4 Å². The minimum atomic E-state index is -0.768. The maximum Gasteiger partial charge on any atom is 0.411 e. The number of ether oxygens (including phenoxy) is 1. The smallest absolute Gasteiger partial charge is 0.411 e. The third-order valence-corrected chi connectivity index (χ3v) is 7.15. The summed E-state index contributed by atoms with van der Waals surface area (Å²) in [4.78, 5) is 28.8. The maximum atomic E-state index is 14.4. The van der Waals surface area contributed by atoms with Crippen LogP contribution in [0.5, 0.6) is 0 Å². The Labute approximate surface area is 213 Å². The molecule has 36 heavy (non-hydrogen) atoms. The minimum absolute atomic E-state index is 0.206. The summed E-state index contributed by atoms with van der Waals surface area (Å²) in [5.41, 5.74) is 0.123. The topological polar surface area (TPSA) is 76.5 Å². The summed E-state index contributed by atoms with van der Waals surface area (Å²) >= 11 is 0. The number of nitrogens with one attached hydrogen (secondary N) is 1. The number of hydrogen-bond donors (Lipinski definition) is 1. The van der Waals surface area contributed by atoms with Crippen LogP contribution in [0.4, 0.5) is 9.18 Å². The van der Waals surface area contributed by atoms with Crippen LogP contribution in [0.2, 0.25) is 0 Å². The van der Waals surface area contributed by atoms with Crippen molar-refractivity contribution in [2.45, 2.75) is 109 Å². The SMILES string of the molecule is CC1(NC(=O)[C@@H]2C[C@H](c3ccn(C(C)(C)C)n3)[C@H](c3cccc(F)c3)N2C(=O)OC(C)(C)C)CCC1. The number of likely N-dealkylation sites (tertiary alicyclic amines) is 1. The van der Waals surface area contributed by atoms with Gasteiger partial charge >= 0.3 is 6.09 Å². The fraction of sp³-hybridized carbons (Fsp3) is 0.607. The quantitative estimate of drug-likeness (QED) is 0.589. The summed E-state index contributed by atoms with van der Waals surface area (Å²) < 4.78 is 22.1. The van der Waals surface area contributed by atoms with Gasteiger partial charge in [-0.1, -0.05) is 12.1 Å². The molecule has 2 amide bonds. The van der Waals surface area contributed by atoms with Crippen LogP contribution in [0, 0.1) is 5.82 Å². The van der Waals surface area contributed by atoms with Gasteiger partial charge in [-0.2, -0.15) is 5.10 Å². The molecule has 0 bridgehead atoms. The molecular weight excluding hydrogens is 459 g/mol. The summed E-state index contributed by atoms with van der Waals surface area (Å²) in [7, 11) is 0. The van der Waals surface area contributed by atoms with Crippen molar-refractivity contribution in [2.75, 3.05) is 0 Å². The van der Waals surface area contributed by atoms with E-state index in [9.17, 15) is 14.0 Å². The molecule has 0 spiro atoms. The van der Waals surface area contributed by atoms with Gasteiger partial charge in [0.25, 0.3) is 0 Å². The second kappa shape index (κ2) is 9.20. The molecule has 2 aliphatic rings. The van der Waals surface area contributed by atoms with Gasteiger partial charge in [-0.05, 0) is 97.9 Å². The highest BCUT2D eigenvalue weighted by Gasteiger charge is 2.51. The second-order valence-corrected chi connectivity index (χ2v) is 12.5. The highest BCUT2D eigenvalue weighted by Crippen LogP contribution is 2.48. The average Bonchev–Trinajstić information content (AvgIpc) is 3.36. The van der Waals surface area contributed by atoms with Crippen molar-refractivity contribution in [3.8, 4) is 0 Å². The molecule has 3 atom stereocenters. The third-order valence-electron chi connectivity index (χ3n) is 7.15. The number of nitrogens with zero attached hydrogens (tertiary/aromatic N) is 3. The Morgan fingerprint density at radius 3 is 2.36 bits per heavy atom. The van der Waals surface area contributed by atoms with Crippen molar-refractivity contribution < 1.29 is 18.7 Å². The van der Waals surface area contributed by atoms with Crippen LogP contribution >= 0.6 is 0 Å². The number of aromatic nitrogens is 2. The Morgan fingerprint density at radius 2 is 1.83 bits per heavy atom. The van der Waals surface area contributed by atoms with Gasteiger partial charge in [0.15, 0.2) is 0 Å². The third kappa shape index (κ3) is 5.42. The van der Waals surface area contributed by atoms with Crippen LogP contribution in [0.1, 0.15) is 97.4 Å². The van der Waals surface area contributed by atoms with Crippen molar-refractivity contribution in [1.82, 2.24) is 20.0 Å². The molecule has 2 fully saturated rings. The molecule has 7 nitrogen and oxygen atoms in total. The van der Waals surface area contributed by atoms with E-state index in [4.69, 9.17) is 9.84 Å². The highest BCUT2D eigenvalue weighted by molar-refractivity contribution is 5.87. The first-order chi connectivity index (χ1) is 16.7. The van der Waals surface area contributed by atoms with Crippen molar-refractivity contribution in [3.05, 3.63) is 53.6 Å². The lowest BCUT2D eigenvalue weighted by atomic mass is 9.78. The molecule has 0 radical (unpaired) electrons. The fourth-order valence-corrected chi connectivity index (χ4v) is 5.15. The van der Waals surface area contributed by atoms with Crippen molar-refractivity contribution >= 4 is 12.0 Å². The number of halogens is 1. The van der Waals surface area contributed by atoms with E-state index in [1.807, 2.05) is 23.9 Å². The zero-order chi connectivity index (χ0) is 26.5. The van der Waals surface area contributed by atoms with Crippen molar-refractivity contribution in [1.29, 1.82) is 0 Å². The molecule has 1 aliphatic heterocycles. The summed E-state index contributed by atoms with van der Waals surface area (Å²) in [6, 6.07) is 6.80. The monoisotopic (exact) mass is 498 g/mol. The molecule has 1 N–H and O–H groups in total. The van der Waals surface area contributed by atoms with Gasteiger partial charge in [0, 0.05) is 17.7 Å². The van der Waals surface area contributed by atoms with Gasteiger partial charge < -0.3 is 10.1 Å². The summed E-state index contributed by atoms with van der Waals surface area (Å²) in [5.74, 6) is -0.916. The first kappa shape index (κ1) is 26.2. The molecular formula is C28H39FN4O3. The summed E-state index contributed by atoms with van der Waals surface area (Å²) in [6.45, 7) is 13.6. The van der Waals surface area contributed by atoms with E-state index in [1.54, 1.807) is 32.9 Å². The Hall–Kier alpha value is -2.90. The zero-order valence-corrected chi connectivity index (χ0v) is 22.5. The normalized spacial score (nSPS) is 23.8. The Morgan fingerprint density at radius 1 is 1.14 bits per heavy atom. The molecule has 1 aromatic carbocycles. The molecule has 1 aromatic heterocycles.